The molecule has 5 heterocycles. The lowest BCUT2D eigenvalue weighted by atomic mass is 9.99. The Hall–Kier alpha value is -4.02. The zero-order chi connectivity index (χ0) is 29.4. The number of rotatable bonds is 3. The van der Waals surface area contributed by atoms with Crippen molar-refractivity contribution < 1.29 is 45.4 Å². The second kappa shape index (κ2) is 9.00. The van der Waals surface area contributed by atoms with Gasteiger partial charge in [0.15, 0.2) is 5.82 Å². The van der Waals surface area contributed by atoms with Crippen LogP contribution in [0.3, 0.4) is 0 Å². The summed E-state index contributed by atoms with van der Waals surface area (Å²) in [6.07, 6.45) is -9.73. The topological polar surface area (TPSA) is 130 Å². The van der Waals surface area contributed by atoms with Gasteiger partial charge < -0.3 is 20.6 Å². The molecule has 0 unspecified atom stereocenters. The Kier molecular flexibility index (Phi) is 6.20. The standard InChI is InChI=1S/C23H20F7N7O3/c1-21(40,23(28,29)30)20(39)35-7-13(24)16(8-35)36-3-2-14-11(19(36)38)4-10(6-32-14)15-5-12(22(25,26)27)17-18(31)33-9-34-37(15)17/h4-6,9,13,16,40H,2-3,7-8H2,1H3,(H2,31,33,34)/t13-,16+,21-/m1/s1. The third-order valence-corrected chi connectivity index (χ3v) is 7.11. The lowest BCUT2D eigenvalue weighted by Gasteiger charge is -2.34. The number of alkyl halides is 7. The van der Waals surface area contributed by atoms with Crippen molar-refractivity contribution >= 4 is 23.1 Å². The van der Waals surface area contributed by atoms with Crippen molar-refractivity contribution in [3.63, 3.8) is 0 Å². The van der Waals surface area contributed by atoms with Gasteiger partial charge in [0.2, 0.25) is 5.60 Å². The minimum Gasteiger partial charge on any atom is -0.382 e. The molecule has 2 aliphatic rings. The van der Waals surface area contributed by atoms with Crippen LogP contribution in [0.25, 0.3) is 16.8 Å². The summed E-state index contributed by atoms with van der Waals surface area (Å²) < 4.78 is 96.4. The molecule has 10 nitrogen and oxygen atoms in total. The predicted molar refractivity (Wildman–Crippen MR) is 122 cm³/mol. The molecule has 0 spiro atoms. The number of fused-ring (bicyclic) bond motifs is 2. The number of nitrogens with zero attached hydrogens (tertiary/aromatic N) is 6. The molecule has 0 saturated carbocycles. The number of hydrogen-bond donors (Lipinski definition) is 2. The van der Waals surface area contributed by atoms with Crippen molar-refractivity contribution in [2.24, 2.45) is 0 Å². The van der Waals surface area contributed by atoms with Gasteiger partial charge in [-0.2, -0.15) is 31.4 Å². The Labute approximate surface area is 220 Å². The molecule has 40 heavy (non-hydrogen) atoms. The van der Waals surface area contributed by atoms with Gasteiger partial charge in [0.05, 0.1) is 35.1 Å². The van der Waals surface area contributed by atoms with E-state index in [1.807, 2.05) is 0 Å². The Morgan fingerprint density at radius 3 is 2.48 bits per heavy atom. The average molecular weight is 575 g/mol. The third kappa shape index (κ3) is 4.28. The fraction of sp³-hybridized carbons (Fsp3) is 0.435. The number of carbonyl (C=O) groups excluding carboxylic acids is 2. The van der Waals surface area contributed by atoms with E-state index in [-0.39, 0.29) is 42.4 Å². The highest BCUT2D eigenvalue weighted by molar-refractivity contribution is 5.98. The molecule has 1 saturated heterocycles. The second-order valence-electron chi connectivity index (χ2n) is 9.68. The van der Waals surface area contributed by atoms with Gasteiger partial charge in [-0.1, -0.05) is 0 Å². The Balaban J connectivity index is 1.47. The Morgan fingerprint density at radius 2 is 1.82 bits per heavy atom. The summed E-state index contributed by atoms with van der Waals surface area (Å²) in [5.74, 6) is -2.95. The maximum absolute atomic E-state index is 15.0. The summed E-state index contributed by atoms with van der Waals surface area (Å²) in [5, 5.41) is 13.6. The highest BCUT2D eigenvalue weighted by Crippen LogP contribution is 2.39. The first-order valence-corrected chi connectivity index (χ1v) is 11.7. The molecule has 0 radical (unpaired) electrons. The average Bonchev–Trinajstić information content (AvgIpc) is 3.45. The van der Waals surface area contributed by atoms with Crippen molar-refractivity contribution in [2.45, 2.75) is 43.5 Å². The van der Waals surface area contributed by atoms with Gasteiger partial charge in [0.1, 0.15) is 18.0 Å². The van der Waals surface area contributed by atoms with Crippen molar-refractivity contribution in [1.29, 1.82) is 0 Å². The number of pyridine rings is 1. The number of likely N-dealkylation sites (tertiary alicyclic amines) is 1. The van der Waals surface area contributed by atoms with Crippen LogP contribution in [0.4, 0.5) is 36.6 Å². The number of anilines is 1. The molecule has 214 valence electrons. The summed E-state index contributed by atoms with van der Waals surface area (Å²) in [6, 6.07) is 0.714. The smallest absolute Gasteiger partial charge is 0.382 e. The molecule has 2 aliphatic heterocycles. The molecule has 3 N–H and O–H groups in total. The highest BCUT2D eigenvalue weighted by Gasteiger charge is 2.58. The van der Waals surface area contributed by atoms with Gasteiger partial charge in [-0.3, -0.25) is 14.6 Å². The molecule has 2 amide bonds. The number of nitrogens with two attached hydrogens (primary N) is 1. The second-order valence-corrected chi connectivity index (χ2v) is 9.68. The van der Waals surface area contributed by atoms with E-state index < -0.39 is 72.0 Å². The van der Waals surface area contributed by atoms with Gasteiger partial charge in [-0.25, -0.2) is 13.9 Å². The fourth-order valence-corrected chi connectivity index (χ4v) is 4.94. The zero-order valence-corrected chi connectivity index (χ0v) is 20.5. The molecule has 0 aromatic carbocycles. The van der Waals surface area contributed by atoms with Gasteiger partial charge in [-0.05, 0) is 19.1 Å². The molecule has 17 heteroatoms. The molecule has 5 rings (SSSR count). The van der Waals surface area contributed by atoms with Crippen molar-refractivity contribution in [1.82, 2.24) is 29.4 Å². The summed E-state index contributed by atoms with van der Waals surface area (Å²) in [6.45, 7) is -1.19. The summed E-state index contributed by atoms with van der Waals surface area (Å²) >= 11 is 0. The number of aliphatic hydroxyl groups is 1. The Bertz CT molecular complexity index is 1520. The first-order chi connectivity index (χ1) is 18.5. The lowest BCUT2D eigenvalue weighted by Crippen LogP contribution is -2.56. The van der Waals surface area contributed by atoms with Crippen LogP contribution in [0, 0.1) is 0 Å². The van der Waals surface area contributed by atoms with E-state index in [0.29, 0.717) is 4.90 Å². The molecular formula is C23H20F7N7O3. The van der Waals surface area contributed by atoms with E-state index in [1.54, 1.807) is 0 Å². The SMILES string of the molecule is C[C@@](O)(C(=O)N1C[C@@H](F)[C@@H](N2CCc3ncc(-c4cc(C(F)(F)F)c5c(N)ncnn45)cc3C2=O)C1)C(F)(F)F. The van der Waals surface area contributed by atoms with Crippen LogP contribution in [0.1, 0.15) is 28.5 Å². The number of aromatic nitrogens is 4. The number of carbonyl (C=O) groups is 2. The van der Waals surface area contributed by atoms with Gasteiger partial charge in [-0.15, -0.1) is 0 Å². The highest BCUT2D eigenvalue weighted by atomic mass is 19.4. The normalized spacial score (nSPS) is 21.6. The van der Waals surface area contributed by atoms with Crippen molar-refractivity contribution in [3.05, 3.63) is 41.5 Å². The number of amides is 2. The first kappa shape index (κ1) is 27.5. The number of nitrogen functional groups attached to an aromatic ring is 1. The number of hydrogen-bond acceptors (Lipinski definition) is 7. The summed E-state index contributed by atoms with van der Waals surface area (Å²) in [5.41, 5.74) is 0.474. The van der Waals surface area contributed by atoms with Crippen LogP contribution >= 0.6 is 0 Å². The van der Waals surface area contributed by atoms with E-state index >= 15 is 0 Å². The third-order valence-electron chi connectivity index (χ3n) is 7.11. The van der Waals surface area contributed by atoms with Crippen molar-refractivity contribution in [2.75, 3.05) is 25.4 Å². The molecule has 3 aromatic heterocycles. The molecule has 0 bridgehead atoms. The minimum atomic E-state index is -5.31. The van der Waals surface area contributed by atoms with Crippen LogP contribution in [0.15, 0.2) is 24.7 Å². The van der Waals surface area contributed by atoms with Crippen LogP contribution < -0.4 is 5.73 Å². The van der Waals surface area contributed by atoms with E-state index in [4.69, 9.17) is 5.73 Å². The maximum atomic E-state index is 15.0. The molecule has 3 atom stereocenters. The quantitative estimate of drug-likeness (QED) is 0.459. The van der Waals surface area contributed by atoms with Crippen LogP contribution in [-0.2, 0) is 17.4 Å². The van der Waals surface area contributed by atoms with E-state index in [1.165, 1.54) is 12.3 Å². The molecule has 3 aromatic rings. The zero-order valence-electron chi connectivity index (χ0n) is 20.5. The van der Waals surface area contributed by atoms with Crippen LogP contribution in [-0.4, -0.2) is 89.9 Å². The van der Waals surface area contributed by atoms with Gasteiger partial charge >= 0.3 is 12.4 Å². The van der Waals surface area contributed by atoms with E-state index in [2.05, 4.69) is 15.1 Å². The van der Waals surface area contributed by atoms with E-state index in [9.17, 15) is 45.4 Å². The maximum Gasteiger partial charge on any atom is 0.426 e. The molecular weight excluding hydrogens is 555 g/mol. The summed E-state index contributed by atoms with van der Waals surface area (Å²) in [4.78, 5) is 35.1. The Morgan fingerprint density at radius 1 is 1.12 bits per heavy atom. The van der Waals surface area contributed by atoms with E-state index in [0.717, 1.165) is 21.8 Å². The largest absolute Gasteiger partial charge is 0.426 e. The fourth-order valence-electron chi connectivity index (χ4n) is 4.94. The first-order valence-electron chi connectivity index (χ1n) is 11.7. The van der Waals surface area contributed by atoms with Crippen LogP contribution in [0.2, 0.25) is 0 Å². The van der Waals surface area contributed by atoms with Crippen molar-refractivity contribution in [3.8, 4) is 11.3 Å². The molecule has 1 fully saturated rings. The minimum absolute atomic E-state index is 0.0544. The number of halogens is 7. The monoisotopic (exact) mass is 575 g/mol. The summed E-state index contributed by atoms with van der Waals surface area (Å²) in [7, 11) is 0. The molecule has 0 aliphatic carbocycles. The predicted octanol–water partition coefficient (Wildman–Crippen LogP) is 2.25. The van der Waals surface area contributed by atoms with Crippen LogP contribution in [0.5, 0.6) is 0 Å². The van der Waals surface area contributed by atoms with Gasteiger partial charge in [0.25, 0.3) is 11.8 Å². The van der Waals surface area contributed by atoms with Gasteiger partial charge in [0, 0.05) is 31.3 Å². The lowest BCUT2D eigenvalue weighted by molar-refractivity contribution is -0.249.